The highest BCUT2D eigenvalue weighted by Crippen LogP contribution is 2.32. The van der Waals surface area contributed by atoms with Crippen molar-refractivity contribution in [2.45, 2.75) is 12.8 Å². The van der Waals surface area contributed by atoms with Crippen LogP contribution in [0.3, 0.4) is 0 Å². The van der Waals surface area contributed by atoms with E-state index in [1.807, 2.05) is 18.5 Å². The number of hydrogen-bond donors (Lipinski definition) is 4. The van der Waals surface area contributed by atoms with Crippen molar-refractivity contribution in [3.63, 3.8) is 0 Å². The lowest BCUT2D eigenvalue weighted by molar-refractivity contribution is 0.262. The van der Waals surface area contributed by atoms with Gasteiger partial charge in [-0.15, -0.1) is 11.3 Å². The Bertz CT molecular complexity index is 975. The van der Waals surface area contributed by atoms with E-state index in [4.69, 9.17) is 0 Å². The molecule has 8 nitrogen and oxygen atoms in total. The standard InChI is InChI=1S/C16H15N7OS/c24-16(22-13-3-4-17-9-21-13)23-14-7-11-15(25-14)10(8-20-11)1-2-12-18-5-6-19-12/h3-9,20H,1-2H2,(H,18,19)(H2,17,21,22,23,24). The number of H-pyrrole nitrogens is 2. The third kappa shape index (κ3) is 3.50. The van der Waals surface area contributed by atoms with Gasteiger partial charge in [0.1, 0.15) is 18.0 Å². The molecule has 4 heterocycles. The van der Waals surface area contributed by atoms with Gasteiger partial charge in [-0.2, -0.15) is 0 Å². The average Bonchev–Trinajstić information content (AvgIpc) is 3.31. The number of amides is 2. The fraction of sp³-hybridized carbons (Fsp3) is 0.125. The van der Waals surface area contributed by atoms with Crippen LogP contribution in [0.1, 0.15) is 11.4 Å². The van der Waals surface area contributed by atoms with Crippen LogP contribution < -0.4 is 10.6 Å². The third-order valence-electron chi connectivity index (χ3n) is 3.67. The number of aromatic amines is 2. The van der Waals surface area contributed by atoms with Crippen molar-refractivity contribution in [1.82, 2.24) is 24.9 Å². The molecule has 2 amide bonds. The average molecular weight is 353 g/mol. The Labute approximate surface area is 146 Å². The zero-order valence-corrected chi connectivity index (χ0v) is 13.9. The molecule has 0 spiro atoms. The molecule has 4 rings (SSSR count). The molecule has 4 N–H and O–H groups in total. The number of nitrogens with one attached hydrogen (secondary N) is 4. The van der Waals surface area contributed by atoms with Crippen molar-refractivity contribution in [2.75, 3.05) is 10.6 Å². The van der Waals surface area contributed by atoms with Crippen LogP contribution in [-0.2, 0) is 12.8 Å². The number of thiophene rings is 1. The minimum atomic E-state index is -0.334. The van der Waals surface area contributed by atoms with E-state index in [0.29, 0.717) is 5.82 Å². The quantitative estimate of drug-likeness (QED) is 0.441. The summed E-state index contributed by atoms with van der Waals surface area (Å²) >= 11 is 1.54. The van der Waals surface area contributed by atoms with Crippen molar-refractivity contribution in [2.24, 2.45) is 0 Å². The molecule has 4 aromatic heterocycles. The summed E-state index contributed by atoms with van der Waals surface area (Å²) in [7, 11) is 0. The fourth-order valence-corrected chi connectivity index (χ4v) is 3.59. The minimum absolute atomic E-state index is 0.334. The van der Waals surface area contributed by atoms with E-state index in [0.717, 1.165) is 33.9 Å². The number of carbonyl (C=O) groups is 1. The van der Waals surface area contributed by atoms with E-state index in [1.54, 1.807) is 29.8 Å². The number of carbonyl (C=O) groups excluding carboxylic acids is 1. The largest absolute Gasteiger partial charge is 0.360 e. The molecular formula is C16H15N7OS. The summed E-state index contributed by atoms with van der Waals surface area (Å²) in [5, 5.41) is 6.27. The first-order chi connectivity index (χ1) is 12.3. The van der Waals surface area contributed by atoms with Gasteiger partial charge in [0, 0.05) is 31.2 Å². The lowest BCUT2D eigenvalue weighted by Gasteiger charge is -2.04. The molecule has 0 aromatic carbocycles. The molecule has 4 aromatic rings. The zero-order valence-electron chi connectivity index (χ0n) is 13.1. The van der Waals surface area contributed by atoms with E-state index in [2.05, 4.69) is 35.6 Å². The number of nitrogens with zero attached hydrogens (tertiary/aromatic N) is 3. The summed E-state index contributed by atoms with van der Waals surface area (Å²) in [5.41, 5.74) is 2.22. The van der Waals surface area contributed by atoms with Gasteiger partial charge in [-0.05, 0) is 24.1 Å². The highest BCUT2D eigenvalue weighted by molar-refractivity contribution is 7.23. The highest BCUT2D eigenvalue weighted by atomic mass is 32.1. The second kappa shape index (κ2) is 6.73. The molecular weight excluding hydrogens is 338 g/mol. The van der Waals surface area contributed by atoms with Gasteiger partial charge in [0.15, 0.2) is 0 Å². The molecule has 126 valence electrons. The van der Waals surface area contributed by atoms with Crippen LogP contribution in [0.5, 0.6) is 0 Å². The van der Waals surface area contributed by atoms with Gasteiger partial charge in [-0.3, -0.25) is 10.6 Å². The number of imidazole rings is 1. The molecule has 0 saturated heterocycles. The second-order valence-corrected chi connectivity index (χ2v) is 6.43. The smallest absolute Gasteiger partial charge is 0.325 e. The number of aromatic nitrogens is 5. The number of urea groups is 1. The molecule has 0 atom stereocenters. The molecule has 9 heteroatoms. The predicted molar refractivity (Wildman–Crippen MR) is 96.8 cm³/mol. The van der Waals surface area contributed by atoms with E-state index < -0.39 is 0 Å². The topological polar surface area (TPSA) is 111 Å². The summed E-state index contributed by atoms with van der Waals surface area (Å²) in [6, 6.07) is 3.22. The molecule has 0 bridgehead atoms. The zero-order chi connectivity index (χ0) is 17.1. The predicted octanol–water partition coefficient (Wildman–Crippen LogP) is 3.17. The number of anilines is 2. The van der Waals surface area contributed by atoms with Gasteiger partial charge in [0.05, 0.1) is 15.2 Å². The Kier molecular flexibility index (Phi) is 4.13. The van der Waals surface area contributed by atoms with Gasteiger partial charge < -0.3 is 9.97 Å². The molecule has 0 aliphatic heterocycles. The van der Waals surface area contributed by atoms with E-state index in [9.17, 15) is 4.79 Å². The maximum absolute atomic E-state index is 12.0. The van der Waals surface area contributed by atoms with Crippen molar-refractivity contribution >= 4 is 38.4 Å². The van der Waals surface area contributed by atoms with Crippen LogP contribution in [0.25, 0.3) is 10.2 Å². The van der Waals surface area contributed by atoms with Gasteiger partial charge in [0.25, 0.3) is 0 Å². The second-order valence-electron chi connectivity index (χ2n) is 5.38. The molecule has 0 unspecified atom stereocenters. The van der Waals surface area contributed by atoms with Crippen LogP contribution >= 0.6 is 11.3 Å². The first kappa shape index (κ1) is 15.3. The van der Waals surface area contributed by atoms with Gasteiger partial charge >= 0.3 is 6.03 Å². The minimum Gasteiger partial charge on any atom is -0.360 e. The van der Waals surface area contributed by atoms with Crippen LogP contribution in [-0.4, -0.2) is 31.0 Å². The Morgan fingerprint density at radius 3 is 2.92 bits per heavy atom. The van der Waals surface area contributed by atoms with Gasteiger partial charge in [-0.1, -0.05) is 0 Å². The van der Waals surface area contributed by atoms with Crippen molar-refractivity contribution < 1.29 is 4.79 Å². The maximum atomic E-state index is 12.0. The fourth-order valence-electron chi connectivity index (χ4n) is 2.53. The Morgan fingerprint density at radius 1 is 1.16 bits per heavy atom. The van der Waals surface area contributed by atoms with E-state index >= 15 is 0 Å². The van der Waals surface area contributed by atoms with E-state index in [-0.39, 0.29) is 6.03 Å². The number of fused-ring (bicyclic) bond motifs is 1. The normalized spacial score (nSPS) is 10.9. The van der Waals surface area contributed by atoms with Crippen molar-refractivity contribution in [3.05, 3.63) is 54.6 Å². The lowest BCUT2D eigenvalue weighted by atomic mass is 10.2. The number of rotatable bonds is 5. The first-order valence-electron chi connectivity index (χ1n) is 7.70. The highest BCUT2D eigenvalue weighted by Gasteiger charge is 2.11. The van der Waals surface area contributed by atoms with Crippen LogP contribution in [0, 0.1) is 0 Å². The summed E-state index contributed by atoms with van der Waals surface area (Å²) in [6.07, 6.45) is 10.3. The van der Waals surface area contributed by atoms with E-state index in [1.165, 1.54) is 11.9 Å². The number of aryl methyl sites for hydroxylation is 2. The first-order valence-corrected chi connectivity index (χ1v) is 8.51. The summed E-state index contributed by atoms with van der Waals surface area (Å²) in [5.74, 6) is 1.42. The molecule has 25 heavy (non-hydrogen) atoms. The van der Waals surface area contributed by atoms with Gasteiger partial charge in [-0.25, -0.2) is 19.7 Å². The maximum Gasteiger partial charge on any atom is 0.325 e. The molecule has 0 aliphatic carbocycles. The third-order valence-corrected chi connectivity index (χ3v) is 4.80. The molecule has 0 fully saturated rings. The Hall–Kier alpha value is -3.20. The monoisotopic (exact) mass is 353 g/mol. The Morgan fingerprint density at radius 2 is 2.12 bits per heavy atom. The van der Waals surface area contributed by atoms with Crippen LogP contribution in [0.2, 0.25) is 0 Å². The Balaban J connectivity index is 1.43. The van der Waals surface area contributed by atoms with Crippen molar-refractivity contribution in [1.29, 1.82) is 0 Å². The summed E-state index contributed by atoms with van der Waals surface area (Å²) < 4.78 is 1.14. The number of hydrogen-bond acceptors (Lipinski definition) is 5. The van der Waals surface area contributed by atoms with Crippen LogP contribution in [0.4, 0.5) is 15.6 Å². The SMILES string of the molecule is O=C(Nc1ccncn1)Nc1cc2[nH]cc(CCc3ncc[nH]3)c2s1. The van der Waals surface area contributed by atoms with Crippen molar-refractivity contribution in [3.8, 4) is 0 Å². The molecule has 0 aliphatic rings. The lowest BCUT2D eigenvalue weighted by Crippen LogP contribution is -2.19. The molecule has 0 saturated carbocycles. The molecule has 0 radical (unpaired) electrons. The summed E-state index contributed by atoms with van der Waals surface area (Å²) in [4.78, 5) is 30.4. The van der Waals surface area contributed by atoms with Gasteiger partial charge in [0.2, 0.25) is 0 Å². The summed E-state index contributed by atoms with van der Waals surface area (Å²) in [6.45, 7) is 0. The van der Waals surface area contributed by atoms with Crippen LogP contribution in [0.15, 0.2) is 43.2 Å².